The topological polar surface area (TPSA) is 97.4 Å². The van der Waals surface area contributed by atoms with Crippen LogP contribution in [0.25, 0.3) is 0 Å². The summed E-state index contributed by atoms with van der Waals surface area (Å²) in [4.78, 5) is 33.8. The molecule has 0 bridgehead atoms. The van der Waals surface area contributed by atoms with Crippen molar-refractivity contribution in [1.29, 1.82) is 0 Å². The Kier molecular flexibility index (Phi) is 6.74. The SMILES string of the molecule is CC(=O)OC[C@H]1O[C@H](Oc2ccccc2)C(OC(C)=O)=C[C@@H]1OC(C)=O. The predicted molar refractivity (Wildman–Crippen MR) is 87.8 cm³/mol. The van der Waals surface area contributed by atoms with E-state index < -0.39 is 36.4 Å². The molecule has 0 saturated carbocycles. The van der Waals surface area contributed by atoms with Crippen LogP contribution >= 0.6 is 0 Å². The number of hydrogen-bond donors (Lipinski definition) is 0. The van der Waals surface area contributed by atoms with Crippen LogP contribution in [0.4, 0.5) is 0 Å². The summed E-state index contributed by atoms with van der Waals surface area (Å²) in [5, 5.41) is 0. The maximum Gasteiger partial charge on any atom is 0.307 e. The molecule has 0 aromatic heterocycles. The smallest absolute Gasteiger partial charge is 0.307 e. The Labute approximate surface area is 150 Å². The van der Waals surface area contributed by atoms with Gasteiger partial charge in [-0.1, -0.05) is 18.2 Å². The van der Waals surface area contributed by atoms with E-state index in [0.717, 1.165) is 0 Å². The molecule has 0 unspecified atom stereocenters. The molecule has 26 heavy (non-hydrogen) atoms. The van der Waals surface area contributed by atoms with E-state index in [0.29, 0.717) is 5.75 Å². The third kappa shape index (κ3) is 5.89. The van der Waals surface area contributed by atoms with Crippen molar-refractivity contribution in [3.05, 3.63) is 42.2 Å². The van der Waals surface area contributed by atoms with Crippen molar-refractivity contribution in [2.24, 2.45) is 0 Å². The Morgan fingerprint density at radius 1 is 1.00 bits per heavy atom. The fraction of sp³-hybridized carbons (Fsp3) is 0.389. The maximum atomic E-state index is 11.4. The Hall–Kier alpha value is -2.87. The Balaban J connectivity index is 2.26. The van der Waals surface area contributed by atoms with Gasteiger partial charge in [-0.05, 0) is 12.1 Å². The van der Waals surface area contributed by atoms with Crippen molar-refractivity contribution >= 4 is 17.9 Å². The van der Waals surface area contributed by atoms with Crippen molar-refractivity contribution in [3.8, 4) is 5.75 Å². The highest BCUT2D eigenvalue weighted by atomic mass is 16.7. The summed E-state index contributed by atoms with van der Waals surface area (Å²) in [5.41, 5.74) is 0. The van der Waals surface area contributed by atoms with Gasteiger partial charge in [-0.3, -0.25) is 14.4 Å². The lowest BCUT2D eigenvalue weighted by Crippen LogP contribution is -2.45. The number of rotatable bonds is 6. The third-order valence-corrected chi connectivity index (χ3v) is 3.23. The van der Waals surface area contributed by atoms with Crippen LogP contribution in [0.15, 0.2) is 42.2 Å². The normalized spacial score (nSPS) is 22.0. The lowest BCUT2D eigenvalue weighted by atomic mass is 10.1. The number of carbonyl (C=O) groups excluding carboxylic acids is 3. The standard InChI is InChI=1S/C18H20O8/c1-11(19)22-10-17-15(23-12(2)20)9-16(24-13(3)21)18(26-17)25-14-7-5-4-6-8-14/h4-9,15,17-18H,10H2,1-3H3/t15-,17+,18-/m0/s1. The highest BCUT2D eigenvalue weighted by molar-refractivity contribution is 5.68. The second-order valence-corrected chi connectivity index (χ2v) is 5.48. The highest BCUT2D eigenvalue weighted by Crippen LogP contribution is 2.26. The second kappa shape index (κ2) is 9.00. The first-order valence-corrected chi connectivity index (χ1v) is 7.93. The molecule has 1 aliphatic heterocycles. The summed E-state index contributed by atoms with van der Waals surface area (Å²) in [5.74, 6) is -1.13. The number of benzene rings is 1. The molecule has 1 aromatic rings. The van der Waals surface area contributed by atoms with Crippen molar-refractivity contribution in [2.45, 2.75) is 39.3 Å². The second-order valence-electron chi connectivity index (χ2n) is 5.48. The molecular weight excluding hydrogens is 344 g/mol. The van der Waals surface area contributed by atoms with Crippen LogP contribution in [0.5, 0.6) is 5.75 Å². The average molecular weight is 364 g/mol. The molecule has 0 saturated heterocycles. The van der Waals surface area contributed by atoms with Gasteiger partial charge in [0.25, 0.3) is 6.29 Å². The van der Waals surface area contributed by atoms with Gasteiger partial charge in [0.15, 0.2) is 11.9 Å². The van der Waals surface area contributed by atoms with Crippen LogP contribution in [-0.4, -0.2) is 43.0 Å². The van der Waals surface area contributed by atoms with Gasteiger partial charge in [-0.15, -0.1) is 0 Å². The number of hydrogen-bond acceptors (Lipinski definition) is 8. The third-order valence-electron chi connectivity index (χ3n) is 3.23. The zero-order valence-corrected chi connectivity index (χ0v) is 14.7. The molecule has 2 rings (SSSR count). The number of ether oxygens (including phenoxy) is 5. The first-order valence-electron chi connectivity index (χ1n) is 7.93. The average Bonchev–Trinajstić information content (AvgIpc) is 2.55. The minimum absolute atomic E-state index is 0.0479. The van der Waals surface area contributed by atoms with Crippen molar-refractivity contribution in [3.63, 3.8) is 0 Å². The Morgan fingerprint density at radius 2 is 1.69 bits per heavy atom. The van der Waals surface area contributed by atoms with Crippen LogP contribution in [0.1, 0.15) is 20.8 Å². The van der Waals surface area contributed by atoms with Gasteiger partial charge in [-0.25, -0.2) is 0 Å². The summed E-state index contributed by atoms with van der Waals surface area (Å²) in [6.45, 7) is 3.55. The quantitative estimate of drug-likeness (QED) is 0.556. The van der Waals surface area contributed by atoms with Crippen LogP contribution < -0.4 is 4.74 Å². The molecule has 1 aliphatic rings. The van der Waals surface area contributed by atoms with Crippen molar-refractivity contribution < 1.29 is 38.1 Å². The van der Waals surface area contributed by atoms with E-state index in [-0.39, 0.29) is 12.4 Å². The van der Waals surface area contributed by atoms with E-state index >= 15 is 0 Å². The van der Waals surface area contributed by atoms with E-state index in [1.165, 1.54) is 26.8 Å². The first kappa shape index (κ1) is 19.5. The molecule has 0 amide bonds. The van der Waals surface area contributed by atoms with Gasteiger partial charge in [0.2, 0.25) is 0 Å². The molecule has 8 nitrogen and oxygen atoms in total. The van der Waals surface area contributed by atoms with Gasteiger partial charge in [0.1, 0.15) is 18.5 Å². The van der Waals surface area contributed by atoms with E-state index in [9.17, 15) is 14.4 Å². The van der Waals surface area contributed by atoms with Crippen LogP contribution in [0, 0.1) is 0 Å². The fourth-order valence-corrected chi connectivity index (χ4v) is 2.24. The number of carbonyl (C=O) groups is 3. The molecule has 3 atom stereocenters. The fourth-order valence-electron chi connectivity index (χ4n) is 2.24. The predicted octanol–water partition coefficient (Wildman–Crippen LogP) is 1.73. The summed E-state index contributed by atoms with van der Waals surface area (Å²) in [7, 11) is 0. The first-order chi connectivity index (χ1) is 12.3. The zero-order valence-electron chi connectivity index (χ0n) is 14.7. The summed E-state index contributed by atoms with van der Waals surface area (Å²) >= 11 is 0. The van der Waals surface area contributed by atoms with E-state index in [1.807, 2.05) is 6.07 Å². The van der Waals surface area contributed by atoms with Crippen LogP contribution in [0.3, 0.4) is 0 Å². The molecule has 8 heteroatoms. The monoisotopic (exact) mass is 364 g/mol. The molecular formula is C18H20O8. The largest absolute Gasteiger partial charge is 0.463 e. The number of esters is 3. The Morgan fingerprint density at radius 3 is 2.27 bits per heavy atom. The molecule has 1 heterocycles. The van der Waals surface area contributed by atoms with Gasteiger partial charge in [-0.2, -0.15) is 0 Å². The van der Waals surface area contributed by atoms with Crippen molar-refractivity contribution in [2.75, 3.05) is 6.61 Å². The number of para-hydroxylation sites is 1. The van der Waals surface area contributed by atoms with E-state index in [2.05, 4.69) is 0 Å². The Bertz CT molecular complexity index is 682. The molecule has 0 fully saturated rings. The zero-order chi connectivity index (χ0) is 19.1. The van der Waals surface area contributed by atoms with E-state index in [4.69, 9.17) is 23.7 Å². The van der Waals surface area contributed by atoms with Gasteiger partial charge in [0, 0.05) is 26.8 Å². The summed E-state index contributed by atoms with van der Waals surface area (Å²) in [6.07, 6.45) is -1.39. The minimum atomic E-state index is -1.08. The molecule has 140 valence electrons. The van der Waals surface area contributed by atoms with E-state index in [1.54, 1.807) is 24.3 Å². The van der Waals surface area contributed by atoms with Gasteiger partial charge >= 0.3 is 17.9 Å². The molecule has 0 spiro atoms. The van der Waals surface area contributed by atoms with Crippen LogP contribution in [0.2, 0.25) is 0 Å². The minimum Gasteiger partial charge on any atom is -0.463 e. The lowest BCUT2D eigenvalue weighted by molar-refractivity contribution is -0.192. The molecule has 0 radical (unpaired) electrons. The molecule has 1 aromatic carbocycles. The summed E-state index contributed by atoms with van der Waals surface area (Å²) < 4.78 is 26.7. The summed E-state index contributed by atoms with van der Waals surface area (Å²) in [6, 6.07) is 8.76. The van der Waals surface area contributed by atoms with Crippen molar-refractivity contribution in [1.82, 2.24) is 0 Å². The van der Waals surface area contributed by atoms with Gasteiger partial charge < -0.3 is 23.7 Å². The van der Waals surface area contributed by atoms with Gasteiger partial charge in [0.05, 0.1) is 0 Å². The molecule has 0 aliphatic carbocycles. The lowest BCUT2D eigenvalue weighted by Gasteiger charge is -2.34. The van der Waals surface area contributed by atoms with Crippen LogP contribution in [-0.2, 0) is 33.3 Å². The highest BCUT2D eigenvalue weighted by Gasteiger charge is 2.37. The molecule has 0 N–H and O–H groups in total. The maximum absolute atomic E-state index is 11.4.